The molecule has 1 N–H and O–H groups in total. The van der Waals surface area contributed by atoms with Crippen LogP contribution in [0, 0.1) is 5.92 Å². The molecule has 0 radical (unpaired) electrons. The molecule has 0 spiro atoms. The van der Waals surface area contributed by atoms with Crippen LogP contribution < -0.4 is 5.32 Å². The van der Waals surface area contributed by atoms with Crippen molar-refractivity contribution in [3.8, 4) is 0 Å². The smallest absolute Gasteiger partial charge is 0.323 e. The van der Waals surface area contributed by atoms with Crippen LogP contribution in [0.25, 0.3) is 5.57 Å². The first-order chi connectivity index (χ1) is 13.2. The van der Waals surface area contributed by atoms with E-state index in [-0.39, 0.29) is 6.03 Å². The standard InChI is InChI=1S/C20H23ClN4O2/c21-18-3-1-2-17(12-18)16-5-9-24(10-6-16)20(26)23-19-4-8-22-25(19)13-15-7-11-27-14-15/h1-5,8,12,15H,6-7,9-11,13-14H2,(H,23,26). The number of carbonyl (C=O) groups is 1. The molecule has 0 saturated carbocycles. The van der Waals surface area contributed by atoms with E-state index >= 15 is 0 Å². The van der Waals surface area contributed by atoms with Crippen molar-refractivity contribution in [3.05, 3.63) is 53.2 Å². The molecule has 7 heteroatoms. The fraction of sp³-hybridized carbons (Fsp3) is 0.400. The van der Waals surface area contributed by atoms with E-state index in [0.717, 1.165) is 49.0 Å². The molecular weight excluding hydrogens is 364 g/mol. The van der Waals surface area contributed by atoms with Gasteiger partial charge in [0.25, 0.3) is 0 Å². The molecule has 1 fully saturated rings. The summed E-state index contributed by atoms with van der Waals surface area (Å²) in [5, 5.41) is 8.07. The molecule has 142 valence electrons. The van der Waals surface area contributed by atoms with E-state index < -0.39 is 0 Å². The maximum Gasteiger partial charge on any atom is 0.323 e. The Morgan fingerprint density at radius 3 is 3.04 bits per heavy atom. The Bertz CT molecular complexity index is 842. The predicted octanol–water partition coefficient (Wildman–Crippen LogP) is 3.89. The summed E-state index contributed by atoms with van der Waals surface area (Å²) in [6.07, 6.45) is 5.67. The Hall–Kier alpha value is -2.31. The van der Waals surface area contributed by atoms with Crippen molar-refractivity contribution in [1.29, 1.82) is 0 Å². The predicted molar refractivity (Wildman–Crippen MR) is 106 cm³/mol. The number of nitrogens with zero attached hydrogens (tertiary/aromatic N) is 3. The van der Waals surface area contributed by atoms with Crippen molar-refractivity contribution in [3.63, 3.8) is 0 Å². The summed E-state index contributed by atoms with van der Waals surface area (Å²) in [6.45, 7) is 3.59. The van der Waals surface area contributed by atoms with Crippen LogP contribution in [0.15, 0.2) is 42.6 Å². The van der Waals surface area contributed by atoms with E-state index in [2.05, 4.69) is 22.6 Å². The third-order valence-electron chi connectivity index (χ3n) is 5.10. The van der Waals surface area contributed by atoms with E-state index in [1.54, 1.807) is 6.20 Å². The Kier molecular flexibility index (Phi) is 5.45. The van der Waals surface area contributed by atoms with Gasteiger partial charge in [-0.05, 0) is 36.1 Å². The number of carbonyl (C=O) groups excluding carboxylic acids is 1. The molecule has 1 saturated heterocycles. The van der Waals surface area contributed by atoms with E-state index in [0.29, 0.717) is 19.0 Å². The van der Waals surface area contributed by atoms with Crippen molar-refractivity contribution in [2.75, 3.05) is 31.6 Å². The number of hydrogen-bond donors (Lipinski definition) is 1. The van der Waals surface area contributed by atoms with E-state index in [9.17, 15) is 4.79 Å². The van der Waals surface area contributed by atoms with Crippen LogP contribution in [0.5, 0.6) is 0 Å². The highest BCUT2D eigenvalue weighted by Crippen LogP contribution is 2.25. The lowest BCUT2D eigenvalue weighted by Crippen LogP contribution is -2.38. The number of hydrogen-bond acceptors (Lipinski definition) is 3. The average molecular weight is 387 g/mol. The van der Waals surface area contributed by atoms with Crippen LogP contribution in [0.3, 0.4) is 0 Å². The molecular formula is C20H23ClN4O2. The molecule has 2 aromatic rings. The fourth-order valence-corrected chi connectivity index (χ4v) is 3.74. The highest BCUT2D eigenvalue weighted by atomic mass is 35.5. The normalized spacial score (nSPS) is 19.8. The van der Waals surface area contributed by atoms with Gasteiger partial charge >= 0.3 is 6.03 Å². The molecule has 1 aromatic heterocycles. The van der Waals surface area contributed by atoms with Gasteiger partial charge in [-0.15, -0.1) is 0 Å². The Morgan fingerprint density at radius 1 is 1.37 bits per heavy atom. The quantitative estimate of drug-likeness (QED) is 0.867. The largest absolute Gasteiger partial charge is 0.381 e. The summed E-state index contributed by atoms with van der Waals surface area (Å²) in [5.74, 6) is 1.19. The molecule has 1 unspecified atom stereocenters. The minimum atomic E-state index is -0.0965. The molecule has 2 aliphatic heterocycles. The van der Waals surface area contributed by atoms with Gasteiger partial charge in [-0.1, -0.05) is 29.8 Å². The van der Waals surface area contributed by atoms with Gasteiger partial charge in [0.1, 0.15) is 5.82 Å². The van der Waals surface area contributed by atoms with Crippen molar-refractivity contribution < 1.29 is 9.53 Å². The number of ether oxygens (including phenoxy) is 1. The van der Waals surface area contributed by atoms with Crippen molar-refractivity contribution in [1.82, 2.24) is 14.7 Å². The second kappa shape index (κ2) is 8.15. The van der Waals surface area contributed by atoms with Gasteiger partial charge in [0.2, 0.25) is 0 Å². The highest BCUT2D eigenvalue weighted by Gasteiger charge is 2.21. The van der Waals surface area contributed by atoms with Gasteiger partial charge in [0, 0.05) is 43.2 Å². The number of rotatable bonds is 4. The van der Waals surface area contributed by atoms with Gasteiger partial charge in [0.15, 0.2) is 0 Å². The van der Waals surface area contributed by atoms with Gasteiger partial charge in [0.05, 0.1) is 12.8 Å². The molecule has 1 aromatic carbocycles. The number of amides is 2. The third-order valence-corrected chi connectivity index (χ3v) is 5.33. The first-order valence-electron chi connectivity index (χ1n) is 9.29. The molecule has 27 heavy (non-hydrogen) atoms. The van der Waals surface area contributed by atoms with Crippen LogP contribution >= 0.6 is 11.6 Å². The van der Waals surface area contributed by atoms with E-state index in [1.807, 2.05) is 33.8 Å². The van der Waals surface area contributed by atoms with Crippen LogP contribution in [-0.4, -0.2) is 47.0 Å². The molecule has 3 heterocycles. The Balaban J connectivity index is 1.37. The minimum Gasteiger partial charge on any atom is -0.381 e. The molecule has 2 amide bonds. The maximum atomic E-state index is 12.7. The van der Waals surface area contributed by atoms with Gasteiger partial charge in [-0.25, -0.2) is 9.48 Å². The van der Waals surface area contributed by atoms with Crippen LogP contribution in [-0.2, 0) is 11.3 Å². The van der Waals surface area contributed by atoms with Gasteiger partial charge in [-0.2, -0.15) is 5.10 Å². The van der Waals surface area contributed by atoms with Crippen molar-refractivity contribution in [2.24, 2.45) is 5.92 Å². The number of halogens is 1. The van der Waals surface area contributed by atoms with Crippen molar-refractivity contribution >= 4 is 29.0 Å². The van der Waals surface area contributed by atoms with E-state index in [4.69, 9.17) is 16.3 Å². The first-order valence-corrected chi connectivity index (χ1v) is 9.67. The number of urea groups is 1. The van der Waals surface area contributed by atoms with Gasteiger partial charge in [-0.3, -0.25) is 5.32 Å². The summed E-state index contributed by atoms with van der Waals surface area (Å²) in [5.41, 5.74) is 2.35. The number of nitrogens with one attached hydrogen (secondary N) is 1. The lowest BCUT2D eigenvalue weighted by molar-refractivity contribution is 0.181. The summed E-state index contributed by atoms with van der Waals surface area (Å²) in [6, 6.07) is 9.59. The first kappa shape index (κ1) is 18.1. The monoisotopic (exact) mass is 386 g/mol. The molecule has 0 bridgehead atoms. The zero-order chi connectivity index (χ0) is 18.6. The number of aromatic nitrogens is 2. The molecule has 1 atom stereocenters. The van der Waals surface area contributed by atoms with Crippen LogP contribution in [0.1, 0.15) is 18.4 Å². The Morgan fingerprint density at radius 2 is 2.30 bits per heavy atom. The van der Waals surface area contributed by atoms with Gasteiger partial charge < -0.3 is 9.64 Å². The molecule has 6 nitrogen and oxygen atoms in total. The third kappa shape index (κ3) is 4.34. The zero-order valence-corrected chi connectivity index (χ0v) is 15.9. The second-order valence-electron chi connectivity index (χ2n) is 6.99. The Labute approximate surface area is 163 Å². The van der Waals surface area contributed by atoms with Crippen LogP contribution in [0.4, 0.5) is 10.6 Å². The second-order valence-corrected chi connectivity index (χ2v) is 7.43. The number of benzene rings is 1. The number of anilines is 1. The minimum absolute atomic E-state index is 0.0965. The summed E-state index contributed by atoms with van der Waals surface area (Å²) >= 11 is 6.08. The molecule has 0 aliphatic carbocycles. The fourth-order valence-electron chi connectivity index (χ4n) is 3.55. The summed E-state index contributed by atoms with van der Waals surface area (Å²) < 4.78 is 7.28. The van der Waals surface area contributed by atoms with Crippen molar-refractivity contribution in [2.45, 2.75) is 19.4 Å². The maximum absolute atomic E-state index is 12.7. The molecule has 2 aliphatic rings. The topological polar surface area (TPSA) is 59.4 Å². The summed E-state index contributed by atoms with van der Waals surface area (Å²) in [7, 11) is 0. The summed E-state index contributed by atoms with van der Waals surface area (Å²) in [4.78, 5) is 14.5. The lowest BCUT2D eigenvalue weighted by Gasteiger charge is -2.27. The average Bonchev–Trinajstić information content (AvgIpc) is 3.35. The van der Waals surface area contributed by atoms with E-state index in [1.165, 1.54) is 5.57 Å². The SMILES string of the molecule is O=C(Nc1ccnn1CC1CCOC1)N1CC=C(c2cccc(Cl)c2)CC1. The lowest BCUT2D eigenvalue weighted by atomic mass is 10.00. The van der Waals surface area contributed by atoms with Crippen LogP contribution in [0.2, 0.25) is 5.02 Å². The molecule has 4 rings (SSSR count). The zero-order valence-electron chi connectivity index (χ0n) is 15.1. The highest BCUT2D eigenvalue weighted by molar-refractivity contribution is 6.30.